The van der Waals surface area contributed by atoms with Crippen LogP contribution in [-0.2, 0) is 26.2 Å². The van der Waals surface area contributed by atoms with Gasteiger partial charge in [-0.1, -0.05) is 66.1 Å². The van der Waals surface area contributed by atoms with E-state index in [2.05, 4.69) is 10.6 Å². The van der Waals surface area contributed by atoms with Crippen LogP contribution in [0.3, 0.4) is 0 Å². The highest BCUT2D eigenvalue weighted by Gasteiger charge is 2.68. The lowest BCUT2D eigenvalue weighted by molar-refractivity contribution is -0.120. The summed E-state index contributed by atoms with van der Waals surface area (Å²) in [6.45, 7) is 12.1. The van der Waals surface area contributed by atoms with Crippen LogP contribution in [0, 0.1) is 10.8 Å². The smallest absolute Gasteiger partial charge is 0.251 e. The first kappa shape index (κ1) is 29.1. The van der Waals surface area contributed by atoms with E-state index in [1.54, 1.807) is 0 Å². The number of rotatable bonds is 9. The van der Waals surface area contributed by atoms with E-state index in [1.807, 2.05) is 84.0 Å². The zero-order valence-electron chi connectivity index (χ0n) is 22.9. The van der Waals surface area contributed by atoms with E-state index < -0.39 is 20.9 Å². The fraction of sp³-hybridized carbons (Fsp3) is 0.333. The van der Waals surface area contributed by atoms with Gasteiger partial charge in [-0.15, -0.1) is 0 Å². The number of carbonyl (C=O) groups is 2. The Morgan fingerprint density at radius 1 is 0.974 bits per heavy atom. The Morgan fingerprint density at radius 2 is 1.58 bits per heavy atom. The normalized spacial score (nSPS) is 20.8. The number of amides is 2. The van der Waals surface area contributed by atoms with Crippen molar-refractivity contribution in [2.45, 2.75) is 59.4 Å². The average molecular weight is 536 g/mol. The van der Waals surface area contributed by atoms with Gasteiger partial charge in [0.05, 0.1) is 10.3 Å². The third-order valence-electron chi connectivity index (χ3n) is 7.18. The molecule has 2 aromatic rings. The van der Waals surface area contributed by atoms with Gasteiger partial charge in [0.15, 0.2) is 0 Å². The Labute approximate surface area is 226 Å². The number of hydrogen-bond donors (Lipinski definition) is 3. The molecule has 8 heteroatoms. The van der Waals surface area contributed by atoms with E-state index in [0.29, 0.717) is 24.2 Å². The monoisotopic (exact) mass is 535 g/mol. The first-order valence-corrected chi connectivity index (χ1v) is 14.0. The Hall–Kier alpha value is -3.49. The van der Waals surface area contributed by atoms with Crippen molar-refractivity contribution in [3.8, 4) is 0 Å². The first-order valence-electron chi connectivity index (χ1n) is 12.5. The van der Waals surface area contributed by atoms with Gasteiger partial charge >= 0.3 is 0 Å². The fourth-order valence-electron chi connectivity index (χ4n) is 4.76. The summed E-state index contributed by atoms with van der Waals surface area (Å²) in [4.78, 5) is 26.7. The minimum absolute atomic E-state index is 0.0238. The predicted molar refractivity (Wildman–Crippen MR) is 151 cm³/mol. The molecule has 2 atom stereocenters. The number of allylic oxidation sites excluding steroid dienone is 3. The molecule has 0 aromatic heterocycles. The lowest BCUT2D eigenvalue weighted by Crippen LogP contribution is -2.29. The Morgan fingerprint density at radius 3 is 2.11 bits per heavy atom. The van der Waals surface area contributed by atoms with Crippen LogP contribution in [0.1, 0.15) is 53.5 Å². The summed E-state index contributed by atoms with van der Waals surface area (Å²) in [6, 6.07) is 15.5. The lowest BCUT2D eigenvalue weighted by Gasteiger charge is -2.22. The largest absolute Gasteiger partial charge is 0.348 e. The van der Waals surface area contributed by atoms with Crippen LogP contribution < -0.4 is 15.8 Å². The molecule has 0 heterocycles. The number of nitrogens with two attached hydrogens (primary N) is 1. The molecular formula is C30H37N3O4S. The molecule has 0 bridgehead atoms. The van der Waals surface area contributed by atoms with E-state index in [1.165, 1.54) is 24.3 Å². The Bertz CT molecular complexity index is 1420. The molecule has 2 amide bonds. The SMILES string of the molecule is CC(C)=CC1(C(=O)Nc2ccc(S(N)(=O)=O)cc2)CC1(C)/C(C)=C/C(C(=O)NCc1ccccc1)=C(C)C. The van der Waals surface area contributed by atoms with Gasteiger partial charge in [0.2, 0.25) is 15.9 Å². The van der Waals surface area contributed by atoms with Gasteiger partial charge in [-0.25, -0.2) is 13.6 Å². The van der Waals surface area contributed by atoms with Gasteiger partial charge in [0.25, 0.3) is 5.91 Å². The van der Waals surface area contributed by atoms with Gasteiger partial charge in [-0.2, -0.15) is 0 Å². The highest BCUT2D eigenvalue weighted by molar-refractivity contribution is 7.89. The number of sulfonamides is 1. The molecule has 3 rings (SSSR count). The lowest BCUT2D eigenvalue weighted by atomic mass is 9.84. The summed E-state index contributed by atoms with van der Waals surface area (Å²) >= 11 is 0. The van der Waals surface area contributed by atoms with Crippen LogP contribution in [0.2, 0.25) is 0 Å². The number of anilines is 1. The summed E-state index contributed by atoms with van der Waals surface area (Å²) in [5.74, 6) is -0.353. The molecule has 2 unspecified atom stereocenters. The van der Waals surface area contributed by atoms with E-state index in [9.17, 15) is 18.0 Å². The molecule has 1 aliphatic rings. The molecule has 7 nitrogen and oxygen atoms in total. The summed E-state index contributed by atoms with van der Waals surface area (Å²) < 4.78 is 23.1. The third kappa shape index (κ3) is 6.31. The zero-order valence-corrected chi connectivity index (χ0v) is 23.7. The average Bonchev–Trinajstić information content (AvgIpc) is 3.46. The molecule has 1 saturated carbocycles. The van der Waals surface area contributed by atoms with Crippen molar-refractivity contribution in [1.82, 2.24) is 5.32 Å². The quantitative estimate of drug-likeness (QED) is 0.231. The topological polar surface area (TPSA) is 118 Å². The van der Waals surface area contributed by atoms with Crippen molar-refractivity contribution in [3.63, 3.8) is 0 Å². The highest BCUT2D eigenvalue weighted by atomic mass is 32.2. The number of carbonyl (C=O) groups excluding carboxylic acids is 2. The summed E-state index contributed by atoms with van der Waals surface area (Å²) in [5.41, 5.74) is 3.58. The fourth-order valence-corrected chi connectivity index (χ4v) is 5.28. The minimum Gasteiger partial charge on any atom is -0.348 e. The van der Waals surface area contributed by atoms with Crippen LogP contribution in [0.5, 0.6) is 0 Å². The zero-order chi connectivity index (χ0) is 28.3. The summed E-state index contributed by atoms with van der Waals surface area (Å²) in [6.07, 6.45) is 4.46. The van der Waals surface area contributed by atoms with Gasteiger partial charge in [0, 0.05) is 23.2 Å². The molecule has 1 aliphatic carbocycles. The number of hydrogen-bond acceptors (Lipinski definition) is 4. The van der Waals surface area contributed by atoms with Crippen molar-refractivity contribution in [2.24, 2.45) is 16.0 Å². The minimum atomic E-state index is -3.82. The van der Waals surface area contributed by atoms with Crippen LogP contribution in [0.4, 0.5) is 5.69 Å². The number of benzene rings is 2. The first-order chi connectivity index (χ1) is 17.7. The maximum absolute atomic E-state index is 13.6. The van der Waals surface area contributed by atoms with Gasteiger partial charge in [-0.3, -0.25) is 9.59 Å². The number of nitrogens with one attached hydrogen (secondary N) is 2. The second-order valence-corrected chi connectivity index (χ2v) is 12.2. The Kier molecular flexibility index (Phi) is 8.48. The van der Waals surface area contributed by atoms with E-state index in [-0.39, 0.29) is 16.7 Å². The van der Waals surface area contributed by atoms with Crippen molar-refractivity contribution in [3.05, 3.63) is 94.6 Å². The molecule has 38 heavy (non-hydrogen) atoms. The van der Waals surface area contributed by atoms with Gasteiger partial charge in [-0.05, 0) is 70.9 Å². The van der Waals surface area contributed by atoms with Crippen LogP contribution in [0.15, 0.2) is 93.9 Å². The maximum Gasteiger partial charge on any atom is 0.251 e. The summed E-state index contributed by atoms with van der Waals surface area (Å²) in [5, 5.41) is 11.1. The van der Waals surface area contributed by atoms with Gasteiger partial charge in [0.1, 0.15) is 0 Å². The van der Waals surface area contributed by atoms with Crippen molar-refractivity contribution < 1.29 is 18.0 Å². The second-order valence-electron chi connectivity index (χ2n) is 10.6. The maximum atomic E-state index is 13.6. The van der Waals surface area contributed by atoms with Crippen molar-refractivity contribution in [1.29, 1.82) is 0 Å². The third-order valence-corrected chi connectivity index (χ3v) is 8.11. The highest BCUT2D eigenvalue weighted by Crippen LogP contribution is 2.69. The van der Waals surface area contributed by atoms with Crippen LogP contribution in [-0.4, -0.2) is 20.2 Å². The van der Waals surface area contributed by atoms with E-state index >= 15 is 0 Å². The molecule has 0 aliphatic heterocycles. The van der Waals surface area contributed by atoms with Crippen LogP contribution in [0.25, 0.3) is 0 Å². The molecular weight excluding hydrogens is 498 g/mol. The van der Waals surface area contributed by atoms with Crippen LogP contribution >= 0.6 is 0 Å². The van der Waals surface area contributed by atoms with Crippen molar-refractivity contribution >= 4 is 27.5 Å². The van der Waals surface area contributed by atoms with E-state index in [0.717, 1.165) is 22.3 Å². The Balaban J connectivity index is 1.85. The molecule has 2 aromatic carbocycles. The molecule has 202 valence electrons. The molecule has 0 saturated heterocycles. The molecule has 0 spiro atoms. The summed E-state index contributed by atoms with van der Waals surface area (Å²) in [7, 11) is -3.82. The standard InChI is InChI=1S/C30H37N3O4S/c1-20(2)17-30(28(35)33-24-12-14-25(15-13-24)38(31,36)37)19-29(30,6)22(5)16-26(21(3)4)27(34)32-18-23-10-8-7-9-11-23/h7-17H,18-19H2,1-6H3,(H,32,34)(H,33,35)(H2,31,36,37)/b22-16+. The molecule has 0 radical (unpaired) electrons. The van der Waals surface area contributed by atoms with E-state index in [4.69, 9.17) is 5.14 Å². The van der Waals surface area contributed by atoms with Gasteiger partial charge < -0.3 is 10.6 Å². The van der Waals surface area contributed by atoms with Crippen molar-refractivity contribution in [2.75, 3.05) is 5.32 Å². The molecule has 1 fully saturated rings. The second kappa shape index (κ2) is 11.1. The molecule has 4 N–H and O–H groups in total. The predicted octanol–water partition coefficient (Wildman–Crippen LogP) is 5.23. The number of primary sulfonamides is 1.